The highest BCUT2D eigenvalue weighted by Crippen LogP contribution is 2.32. The Bertz CT molecular complexity index is 1130. The summed E-state index contributed by atoms with van der Waals surface area (Å²) in [5, 5.41) is 24.0. The molecule has 0 aliphatic carbocycles. The summed E-state index contributed by atoms with van der Waals surface area (Å²) in [7, 11) is 0. The van der Waals surface area contributed by atoms with Crippen molar-refractivity contribution in [2.75, 3.05) is 11.9 Å². The number of rotatable bonds is 7. The van der Waals surface area contributed by atoms with E-state index in [-0.39, 0.29) is 30.1 Å². The van der Waals surface area contributed by atoms with Crippen LogP contribution in [0.5, 0.6) is 0 Å². The summed E-state index contributed by atoms with van der Waals surface area (Å²) in [6.07, 6.45) is 1.55. The molecule has 3 aromatic rings. The summed E-state index contributed by atoms with van der Waals surface area (Å²) in [5.74, 6) is -0.634. The predicted molar refractivity (Wildman–Crippen MR) is 112 cm³/mol. The largest absolute Gasteiger partial charge is 0.462 e. The molecule has 1 aromatic heterocycles. The zero-order valence-electron chi connectivity index (χ0n) is 15.9. The van der Waals surface area contributed by atoms with Gasteiger partial charge in [-0.25, -0.2) is 4.79 Å². The smallest absolute Gasteiger partial charge is 0.340 e. The summed E-state index contributed by atoms with van der Waals surface area (Å²) >= 11 is 6.16. The van der Waals surface area contributed by atoms with Crippen molar-refractivity contribution in [3.8, 4) is 17.2 Å². The number of nitrogens with one attached hydrogen (secondary N) is 2. The maximum atomic E-state index is 12.2. The van der Waals surface area contributed by atoms with Crippen molar-refractivity contribution >= 4 is 28.9 Å². The molecule has 0 fully saturated rings. The van der Waals surface area contributed by atoms with Crippen LogP contribution in [-0.4, -0.2) is 22.5 Å². The van der Waals surface area contributed by atoms with Crippen LogP contribution in [-0.2, 0) is 11.3 Å². The summed E-state index contributed by atoms with van der Waals surface area (Å²) in [4.78, 5) is 25.9. The Morgan fingerprint density at radius 1 is 1.30 bits per heavy atom. The van der Waals surface area contributed by atoms with Gasteiger partial charge in [-0.3, -0.25) is 10.1 Å². The van der Waals surface area contributed by atoms with Gasteiger partial charge in [0.05, 0.1) is 22.1 Å². The summed E-state index contributed by atoms with van der Waals surface area (Å²) in [5.41, 5.74) is 2.55. The van der Waals surface area contributed by atoms with Crippen LogP contribution in [0.3, 0.4) is 0 Å². The summed E-state index contributed by atoms with van der Waals surface area (Å²) < 4.78 is 5.00. The highest BCUT2D eigenvalue weighted by Gasteiger charge is 2.22. The fourth-order valence-corrected chi connectivity index (χ4v) is 3.26. The number of H-pyrrole nitrogens is 1. The number of nitro benzene ring substituents is 1. The van der Waals surface area contributed by atoms with Gasteiger partial charge in [0.1, 0.15) is 17.5 Å². The van der Waals surface area contributed by atoms with E-state index in [0.29, 0.717) is 16.3 Å². The summed E-state index contributed by atoms with van der Waals surface area (Å²) in [6.45, 7) is 2.07. The molecule has 30 heavy (non-hydrogen) atoms. The van der Waals surface area contributed by atoms with Gasteiger partial charge in [-0.2, -0.15) is 5.26 Å². The van der Waals surface area contributed by atoms with Crippen molar-refractivity contribution in [1.29, 1.82) is 5.26 Å². The molecule has 152 valence electrons. The van der Waals surface area contributed by atoms with Crippen LogP contribution in [0, 0.1) is 21.4 Å². The first-order valence-corrected chi connectivity index (χ1v) is 9.38. The minimum absolute atomic E-state index is 0.0976. The molecule has 0 bridgehead atoms. The Morgan fingerprint density at radius 2 is 2.03 bits per heavy atom. The maximum Gasteiger partial charge on any atom is 0.340 e. The second kappa shape index (κ2) is 9.11. The number of aromatic amines is 1. The number of aromatic nitrogens is 1. The number of ether oxygens (including phenoxy) is 1. The number of benzene rings is 2. The summed E-state index contributed by atoms with van der Waals surface area (Å²) in [6, 6.07) is 13.5. The van der Waals surface area contributed by atoms with Crippen LogP contribution < -0.4 is 5.32 Å². The van der Waals surface area contributed by atoms with E-state index in [1.807, 2.05) is 12.1 Å². The number of hydrogen-bond donors (Lipinski definition) is 2. The number of nitrogens with zero attached hydrogens (tertiary/aromatic N) is 2. The second-order valence-electron chi connectivity index (χ2n) is 6.23. The number of esters is 1. The van der Waals surface area contributed by atoms with Gasteiger partial charge in [0.25, 0.3) is 5.69 Å². The van der Waals surface area contributed by atoms with E-state index in [2.05, 4.69) is 16.4 Å². The molecule has 0 radical (unpaired) electrons. The van der Waals surface area contributed by atoms with Crippen LogP contribution in [0.15, 0.2) is 48.7 Å². The van der Waals surface area contributed by atoms with Gasteiger partial charge in [0.15, 0.2) is 0 Å². The first kappa shape index (κ1) is 20.9. The average molecular weight is 425 g/mol. The third kappa shape index (κ3) is 4.26. The first-order chi connectivity index (χ1) is 14.5. The van der Waals surface area contributed by atoms with Crippen molar-refractivity contribution < 1.29 is 14.5 Å². The zero-order chi connectivity index (χ0) is 21.7. The Balaban J connectivity index is 1.85. The average Bonchev–Trinajstić information content (AvgIpc) is 3.13. The van der Waals surface area contributed by atoms with Gasteiger partial charge in [-0.05, 0) is 24.1 Å². The highest BCUT2D eigenvalue weighted by molar-refractivity contribution is 6.33. The quantitative estimate of drug-likeness (QED) is 0.316. The maximum absolute atomic E-state index is 12.2. The number of para-hydroxylation sites is 1. The van der Waals surface area contributed by atoms with Crippen molar-refractivity contribution in [3.05, 3.63) is 80.6 Å². The third-order valence-electron chi connectivity index (χ3n) is 4.39. The molecule has 8 nitrogen and oxygen atoms in total. The van der Waals surface area contributed by atoms with E-state index in [9.17, 15) is 20.2 Å². The molecular formula is C21H17ClN4O4. The van der Waals surface area contributed by atoms with E-state index in [1.165, 1.54) is 18.2 Å². The minimum Gasteiger partial charge on any atom is -0.462 e. The van der Waals surface area contributed by atoms with Crippen LogP contribution >= 0.6 is 11.6 Å². The van der Waals surface area contributed by atoms with Gasteiger partial charge in [-0.1, -0.05) is 41.9 Å². The number of nitro groups is 1. The number of hydrogen-bond acceptors (Lipinski definition) is 6. The van der Waals surface area contributed by atoms with Crippen LogP contribution in [0.25, 0.3) is 11.1 Å². The molecular weight excluding hydrogens is 408 g/mol. The van der Waals surface area contributed by atoms with Crippen LogP contribution in [0.1, 0.15) is 28.5 Å². The van der Waals surface area contributed by atoms with Gasteiger partial charge in [-0.15, -0.1) is 0 Å². The van der Waals surface area contributed by atoms with Gasteiger partial charge in [0, 0.05) is 24.4 Å². The van der Waals surface area contributed by atoms with Gasteiger partial charge < -0.3 is 15.0 Å². The lowest BCUT2D eigenvalue weighted by Crippen LogP contribution is -2.11. The molecule has 0 aliphatic rings. The Hall–Kier alpha value is -3.83. The Labute approximate surface area is 177 Å². The molecule has 3 rings (SSSR count). The van der Waals surface area contributed by atoms with Crippen LogP contribution in [0.2, 0.25) is 5.02 Å². The second-order valence-corrected chi connectivity index (χ2v) is 6.63. The van der Waals surface area contributed by atoms with Crippen molar-refractivity contribution in [1.82, 2.24) is 4.98 Å². The lowest BCUT2D eigenvalue weighted by molar-refractivity contribution is -0.384. The highest BCUT2D eigenvalue weighted by atomic mass is 35.5. The van der Waals surface area contributed by atoms with E-state index in [4.69, 9.17) is 16.3 Å². The molecule has 0 saturated carbocycles. The normalized spacial score (nSPS) is 10.3. The number of anilines is 1. The molecule has 0 spiro atoms. The van der Waals surface area contributed by atoms with E-state index in [1.54, 1.807) is 25.3 Å². The van der Waals surface area contributed by atoms with Gasteiger partial charge in [0.2, 0.25) is 0 Å². The molecule has 2 aromatic carbocycles. The van der Waals surface area contributed by atoms with Crippen molar-refractivity contribution in [2.45, 2.75) is 13.5 Å². The predicted octanol–water partition coefficient (Wildman–Crippen LogP) is 4.90. The van der Waals surface area contributed by atoms with Crippen LogP contribution in [0.4, 0.5) is 11.4 Å². The number of nitriles is 1. The molecule has 0 amide bonds. The Kier molecular flexibility index (Phi) is 6.35. The van der Waals surface area contributed by atoms with Crippen molar-refractivity contribution in [2.24, 2.45) is 0 Å². The molecule has 0 saturated heterocycles. The number of carbonyl (C=O) groups is 1. The molecule has 2 N–H and O–H groups in total. The van der Waals surface area contributed by atoms with E-state index < -0.39 is 10.9 Å². The lowest BCUT2D eigenvalue weighted by Gasteiger charge is -2.12. The SMILES string of the molecule is CCOC(=O)c1cccc([N+](=O)[O-])c1NCc1ccc(-c2c(Cl)c[nH]c2C#N)cc1. The number of halogens is 1. The fraction of sp³-hybridized carbons (Fsp3) is 0.143. The molecule has 0 aliphatic heterocycles. The van der Waals surface area contributed by atoms with E-state index >= 15 is 0 Å². The van der Waals surface area contributed by atoms with Gasteiger partial charge >= 0.3 is 5.97 Å². The fourth-order valence-electron chi connectivity index (χ4n) is 3.01. The molecule has 0 unspecified atom stereocenters. The lowest BCUT2D eigenvalue weighted by atomic mass is 10.0. The zero-order valence-corrected chi connectivity index (χ0v) is 16.7. The standard InChI is InChI=1S/C21H17ClN4O4/c1-2-30-21(27)15-4-3-5-18(26(28)29)20(15)25-11-13-6-8-14(9-7-13)19-16(22)12-24-17(19)10-23/h3-9,12,24-25H,2,11H2,1H3. The first-order valence-electron chi connectivity index (χ1n) is 9.01. The third-order valence-corrected chi connectivity index (χ3v) is 4.69. The minimum atomic E-state index is -0.634. The topological polar surface area (TPSA) is 121 Å². The molecule has 9 heteroatoms. The monoisotopic (exact) mass is 424 g/mol. The molecule has 0 atom stereocenters. The number of carbonyl (C=O) groups excluding carboxylic acids is 1. The molecule has 1 heterocycles. The van der Waals surface area contributed by atoms with Crippen molar-refractivity contribution in [3.63, 3.8) is 0 Å². The Morgan fingerprint density at radius 3 is 2.67 bits per heavy atom. The van der Waals surface area contributed by atoms with E-state index in [0.717, 1.165) is 11.1 Å².